The first-order valence-corrected chi connectivity index (χ1v) is 9.87. The van der Waals surface area contributed by atoms with E-state index in [9.17, 15) is 18.0 Å². The van der Waals surface area contributed by atoms with Gasteiger partial charge in [-0.25, -0.2) is 9.67 Å². The number of alkyl halides is 3. The summed E-state index contributed by atoms with van der Waals surface area (Å²) in [6, 6.07) is 3.59. The third-order valence-corrected chi connectivity index (χ3v) is 5.37. The lowest BCUT2D eigenvalue weighted by molar-refractivity contribution is -0.139. The van der Waals surface area contributed by atoms with Crippen molar-refractivity contribution in [3.63, 3.8) is 0 Å². The Morgan fingerprint density at radius 2 is 1.97 bits per heavy atom. The molecule has 9 nitrogen and oxygen atoms in total. The number of halogens is 3. The fourth-order valence-corrected chi connectivity index (χ4v) is 3.63. The van der Waals surface area contributed by atoms with Crippen molar-refractivity contribution in [2.24, 2.45) is 13.0 Å². The fourth-order valence-electron chi connectivity index (χ4n) is 3.63. The summed E-state index contributed by atoms with van der Waals surface area (Å²) < 4.78 is 38.7. The van der Waals surface area contributed by atoms with E-state index in [1.165, 1.54) is 4.68 Å². The molecule has 0 saturated carbocycles. The summed E-state index contributed by atoms with van der Waals surface area (Å²) in [5.41, 5.74) is 1.39. The molecule has 1 aliphatic heterocycles. The Morgan fingerprint density at radius 1 is 1.19 bits per heavy atom. The van der Waals surface area contributed by atoms with Crippen LogP contribution >= 0.6 is 0 Å². The number of hydrogen-bond donors (Lipinski definition) is 1. The van der Waals surface area contributed by atoms with Gasteiger partial charge in [-0.05, 0) is 48.5 Å². The minimum Gasteiger partial charge on any atom is -0.310 e. The number of nitrogens with zero attached hydrogens (tertiary/aromatic N) is 7. The predicted octanol–water partition coefficient (Wildman–Crippen LogP) is 2.42. The number of carbonyl (C=O) groups excluding carboxylic acids is 1. The highest BCUT2D eigenvalue weighted by molar-refractivity contribution is 5.94. The highest BCUT2D eigenvalue weighted by Crippen LogP contribution is 2.25. The lowest BCUT2D eigenvalue weighted by Gasteiger charge is -2.31. The number of hydrogen-bond acceptors (Lipinski definition) is 7. The standard InChI is InChI=1S/C19H21F3N8O/c1-29-17(26-27-28-29)14-8-13-9-16(24-11-15(13)23-10-14)25-18(31)12-2-5-30(6-3-12)7-4-19(20,21)22/h8-12H,2-7H2,1H3,(H,24,25,31). The monoisotopic (exact) mass is 434 g/mol. The van der Waals surface area contributed by atoms with Gasteiger partial charge in [0.15, 0.2) is 5.82 Å². The van der Waals surface area contributed by atoms with Gasteiger partial charge in [-0.2, -0.15) is 13.2 Å². The number of aryl methyl sites for hydroxylation is 1. The Kier molecular flexibility index (Phi) is 5.81. The molecule has 12 heteroatoms. The number of aromatic nitrogens is 6. The molecule has 3 aromatic heterocycles. The van der Waals surface area contributed by atoms with Crippen LogP contribution in [0.15, 0.2) is 24.5 Å². The molecule has 0 aliphatic carbocycles. The number of carbonyl (C=O) groups is 1. The van der Waals surface area contributed by atoms with E-state index in [2.05, 4.69) is 30.8 Å². The minimum atomic E-state index is -4.16. The number of anilines is 1. The predicted molar refractivity (Wildman–Crippen MR) is 106 cm³/mol. The summed E-state index contributed by atoms with van der Waals surface area (Å²) in [6.07, 6.45) is -0.729. The lowest BCUT2D eigenvalue weighted by Crippen LogP contribution is -2.39. The van der Waals surface area contributed by atoms with Crippen LogP contribution in [0, 0.1) is 5.92 Å². The summed E-state index contributed by atoms with van der Waals surface area (Å²) in [4.78, 5) is 23.0. The van der Waals surface area contributed by atoms with Gasteiger partial charge in [0.05, 0.1) is 18.1 Å². The van der Waals surface area contributed by atoms with Crippen molar-refractivity contribution in [1.82, 2.24) is 35.1 Å². The molecule has 4 rings (SSSR count). The van der Waals surface area contributed by atoms with E-state index < -0.39 is 12.6 Å². The maximum atomic E-state index is 12.6. The summed E-state index contributed by atoms with van der Waals surface area (Å²) in [5, 5.41) is 15.0. The topological polar surface area (TPSA) is 102 Å². The Balaban J connectivity index is 1.39. The molecule has 0 atom stereocenters. The number of rotatable bonds is 5. The first-order valence-electron chi connectivity index (χ1n) is 9.87. The van der Waals surface area contributed by atoms with Gasteiger partial charge in [0, 0.05) is 36.7 Å². The van der Waals surface area contributed by atoms with Crippen LogP contribution in [0.1, 0.15) is 19.3 Å². The van der Waals surface area contributed by atoms with Crippen LogP contribution in [0.2, 0.25) is 0 Å². The lowest BCUT2D eigenvalue weighted by atomic mass is 9.96. The van der Waals surface area contributed by atoms with Crippen LogP contribution in [-0.2, 0) is 11.8 Å². The normalized spacial score (nSPS) is 16.0. The molecular formula is C19H21F3N8O. The van der Waals surface area contributed by atoms with Gasteiger partial charge in [0.1, 0.15) is 5.82 Å². The molecule has 0 unspecified atom stereocenters. The van der Waals surface area contributed by atoms with Gasteiger partial charge in [-0.1, -0.05) is 0 Å². The number of tetrazole rings is 1. The third-order valence-electron chi connectivity index (χ3n) is 5.37. The molecule has 0 aromatic carbocycles. The molecule has 31 heavy (non-hydrogen) atoms. The maximum Gasteiger partial charge on any atom is 0.390 e. The van der Waals surface area contributed by atoms with Crippen molar-refractivity contribution in [1.29, 1.82) is 0 Å². The molecule has 1 amide bonds. The van der Waals surface area contributed by atoms with Crippen LogP contribution in [0.3, 0.4) is 0 Å². The molecule has 0 radical (unpaired) electrons. The summed E-state index contributed by atoms with van der Waals surface area (Å²) in [7, 11) is 1.73. The Hall–Kier alpha value is -3.15. The second-order valence-corrected chi connectivity index (χ2v) is 7.58. The third kappa shape index (κ3) is 5.13. The van der Waals surface area contributed by atoms with Crippen LogP contribution in [0.4, 0.5) is 19.0 Å². The molecule has 164 valence electrons. The van der Waals surface area contributed by atoms with Crippen molar-refractivity contribution in [3.8, 4) is 11.4 Å². The molecule has 1 aliphatic rings. The van der Waals surface area contributed by atoms with Crippen molar-refractivity contribution in [2.75, 3.05) is 25.0 Å². The maximum absolute atomic E-state index is 12.6. The molecule has 0 spiro atoms. The number of nitrogens with one attached hydrogen (secondary N) is 1. The van der Waals surface area contributed by atoms with Crippen molar-refractivity contribution in [2.45, 2.75) is 25.4 Å². The zero-order chi connectivity index (χ0) is 22.0. The summed E-state index contributed by atoms with van der Waals surface area (Å²) in [6.45, 7) is 0.914. The zero-order valence-electron chi connectivity index (χ0n) is 16.8. The van der Waals surface area contributed by atoms with Crippen molar-refractivity contribution in [3.05, 3.63) is 24.5 Å². The van der Waals surface area contributed by atoms with Crippen molar-refractivity contribution >= 4 is 22.6 Å². The number of fused-ring (bicyclic) bond motifs is 1. The zero-order valence-corrected chi connectivity index (χ0v) is 16.8. The number of likely N-dealkylation sites (tertiary alicyclic amines) is 1. The molecule has 4 heterocycles. The number of pyridine rings is 2. The second kappa shape index (κ2) is 8.53. The van der Waals surface area contributed by atoms with Gasteiger partial charge >= 0.3 is 6.18 Å². The van der Waals surface area contributed by atoms with E-state index >= 15 is 0 Å². The molecule has 0 bridgehead atoms. The van der Waals surface area contributed by atoms with Gasteiger partial charge in [0.2, 0.25) is 5.91 Å². The largest absolute Gasteiger partial charge is 0.390 e. The summed E-state index contributed by atoms with van der Waals surface area (Å²) in [5.74, 6) is 0.527. The Labute approximate surface area is 175 Å². The van der Waals surface area contributed by atoms with E-state index in [4.69, 9.17) is 0 Å². The SMILES string of the molecule is Cn1nnnc1-c1cnc2cnc(NC(=O)C3CCN(CCC(F)(F)F)CC3)cc2c1. The van der Waals surface area contributed by atoms with Gasteiger partial charge in [-0.15, -0.1) is 5.10 Å². The highest BCUT2D eigenvalue weighted by atomic mass is 19.4. The van der Waals surface area contributed by atoms with Crippen LogP contribution in [0.25, 0.3) is 22.3 Å². The van der Waals surface area contributed by atoms with Gasteiger partial charge in [-0.3, -0.25) is 9.78 Å². The Morgan fingerprint density at radius 3 is 2.65 bits per heavy atom. The first kappa shape index (κ1) is 21.1. The van der Waals surface area contributed by atoms with Crippen molar-refractivity contribution < 1.29 is 18.0 Å². The number of piperidine rings is 1. The average molecular weight is 434 g/mol. The van der Waals surface area contributed by atoms with Gasteiger partial charge in [0.25, 0.3) is 0 Å². The van der Waals surface area contributed by atoms with E-state index in [-0.39, 0.29) is 18.4 Å². The highest BCUT2D eigenvalue weighted by Gasteiger charge is 2.30. The minimum absolute atomic E-state index is 0.0273. The number of amides is 1. The molecular weight excluding hydrogens is 413 g/mol. The molecule has 1 saturated heterocycles. The van der Waals surface area contributed by atoms with E-state index in [0.29, 0.717) is 43.1 Å². The van der Waals surface area contributed by atoms with Gasteiger partial charge < -0.3 is 10.2 Å². The molecule has 1 N–H and O–H groups in total. The van der Waals surface area contributed by atoms with E-state index in [0.717, 1.165) is 10.9 Å². The quantitative estimate of drug-likeness (QED) is 0.658. The van der Waals surface area contributed by atoms with E-state index in [1.54, 1.807) is 30.4 Å². The second-order valence-electron chi connectivity index (χ2n) is 7.58. The summed E-state index contributed by atoms with van der Waals surface area (Å²) >= 11 is 0. The molecule has 1 fully saturated rings. The first-order chi connectivity index (χ1) is 14.8. The Bertz CT molecular complexity index is 1080. The smallest absolute Gasteiger partial charge is 0.310 e. The fraction of sp³-hybridized carbons (Fsp3) is 0.474. The van der Waals surface area contributed by atoms with Crippen LogP contribution in [-0.4, -0.2) is 66.8 Å². The van der Waals surface area contributed by atoms with Crippen LogP contribution in [0.5, 0.6) is 0 Å². The average Bonchev–Trinajstić information content (AvgIpc) is 3.17. The molecule has 3 aromatic rings. The van der Waals surface area contributed by atoms with E-state index in [1.807, 2.05) is 6.07 Å². The van der Waals surface area contributed by atoms with Crippen LogP contribution < -0.4 is 5.32 Å².